The summed E-state index contributed by atoms with van der Waals surface area (Å²) in [5, 5.41) is 8.60. The van der Waals surface area contributed by atoms with Gasteiger partial charge in [0.15, 0.2) is 6.54 Å². The smallest absolute Gasteiger partial charge is 0.254 e. The number of methoxy groups -OCH3 is 1. The lowest BCUT2D eigenvalue weighted by Gasteiger charge is -1.99. The number of imidazole rings is 1. The Labute approximate surface area is 90.7 Å². The van der Waals surface area contributed by atoms with E-state index in [4.69, 9.17) is 10.00 Å². The molecule has 0 atom stereocenters. The van der Waals surface area contributed by atoms with Crippen LogP contribution in [0.15, 0.2) is 12.4 Å². The van der Waals surface area contributed by atoms with Crippen molar-refractivity contribution in [3.63, 3.8) is 0 Å². The first-order valence-corrected chi connectivity index (χ1v) is 5.20. The topological polar surface area (TPSA) is 41.8 Å². The highest BCUT2D eigenvalue weighted by Crippen LogP contribution is 1.95. The van der Waals surface area contributed by atoms with E-state index < -0.39 is 0 Å². The molecule has 15 heavy (non-hydrogen) atoms. The van der Waals surface area contributed by atoms with Gasteiger partial charge in [0, 0.05) is 20.6 Å². The molecule has 1 aromatic heterocycles. The van der Waals surface area contributed by atoms with Gasteiger partial charge in [-0.1, -0.05) is 0 Å². The average molecular weight is 208 g/mol. The molecule has 82 valence electrons. The SMILES string of the molecule is COCCCC[n+]1ccn(CC#N)c1C. The minimum atomic E-state index is 0.427. The van der Waals surface area contributed by atoms with Crippen LogP contribution in [0.25, 0.3) is 0 Å². The van der Waals surface area contributed by atoms with E-state index in [1.54, 1.807) is 7.11 Å². The van der Waals surface area contributed by atoms with Gasteiger partial charge in [0.25, 0.3) is 5.82 Å². The van der Waals surface area contributed by atoms with Crippen molar-refractivity contribution < 1.29 is 9.30 Å². The summed E-state index contributed by atoms with van der Waals surface area (Å²) >= 11 is 0. The second kappa shape index (κ2) is 6.20. The molecule has 0 aromatic carbocycles. The second-order valence-electron chi connectivity index (χ2n) is 3.52. The zero-order valence-corrected chi connectivity index (χ0v) is 9.44. The van der Waals surface area contributed by atoms with Gasteiger partial charge in [0.1, 0.15) is 18.5 Å². The Morgan fingerprint density at radius 2 is 2.33 bits per heavy atom. The van der Waals surface area contributed by atoms with Crippen molar-refractivity contribution in [3.8, 4) is 6.07 Å². The Hall–Kier alpha value is -1.34. The maximum absolute atomic E-state index is 8.60. The van der Waals surface area contributed by atoms with Crippen LogP contribution in [-0.4, -0.2) is 18.3 Å². The number of aryl methyl sites for hydroxylation is 1. The number of hydrogen-bond acceptors (Lipinski definition) is 2. The van der Waals surface area contributed by atoms with E-state index in [0.717, 1.165) is 31.8 Å². The van der Waals surface area contributed by atoms with Crippen LogP contribution < -0.4 is 4.57 Å². The van der Waals surface area contributed by atoms with Crippen LogP contribution in [0.3, 0.4) is 0 Å². The molecule has 0 saturated carbocycles. The lowest BCUT2D eigenvalue weighted by Crippen LogP contribution is -2.35. The average Bonchev–Trinajstić information content (AvgIpc) is 2.57. The lowest BCUT2D eigenvalue weighted by molar-refractivity contribution is -0.702. The first-order chi connectivity index (χ1) is 7.29. The molecule has 1 aromatic rings. The summed E-state index contributed by atoms with van der Waals surface area (Å²) in [5.74, 6) is 1.13. The van der Waals surface area contributed by atoms with Gasteiger partial charge in [0.2, 0.25) is 0 Å². The van der Waals surface area contributed by atoms with Gasteiger partial charge in [-0.05, 0) is 12.8 Å². The summed E-state index contributed by atoms with van der Waals surface area (Å²) in [5.41, 5.74) is 0. The van der Waals surface area contributed by atoms with Gasteiger partial charge in [-0.25, -0.2) is 9.13 Å². The van der Waals surface area contributed by atoms with Crippen LogP contribution >= 0.6 is 0 Å². The van der Waals surface area contributed by atoms with Crippen molar-refractivity contribution in [1.82, 2.24) is 4.57 Å². The van der Waals surface area contributed by atoms with Crippen molar-refractivity contribution in [2.75, 3.05) is 13.7 Å². The molecule has 0 saturated heterocycles. The fraction of sp³-hybridized carbons (Fsp3) is 0.636. The van der Waals surface area contributed by atoms with E-state index in [0.29, 0.717) is 6.54 Å². The van der Waals surface area contributed by atoms with E-state index in [2.05, 4.69) is 10.6 Å². The van der Waals surface area contributed by atoms with Crippen molar-refractivity contribution in [2.45, 2.75) is 32.9 Å². The number of nitrogens with zero attached hydrogens (tertiary/aromatic N) is 3. The molecular weight excluding hydrogens is 190 g/mol. The van der Waals surface area contributed by atoms with Crippen LogP contribution in [0.4, 0.5) is 0 Å². The highest BCUT2D eigenvalue weighted by Gasteiger charge is 2.10. The van der Waals surface area contributed by atoms with E-state index in [1.165, 1.54) is 0 Å². The van der Waals surface area contributed by atoms with Gasteiger partial charge in [-0.3, -0.25) is 0 Å². The second-order valence-corrected chi connectivity index (χ2v) is 3.52. The van der Waals surface area contributed by atoms with Gasteiger partial charge in [0.05, 0.1) is 6.54 Å². The summed E-state index contributed by atoms with van der Waals surface area (Å²) in [7, 11) is 1.72. The third kappa shape index (κ3) is 3.37. The molecule has 0 aliphatic heterocycles. The van der Waals surface area contributed by atoms with Crippen LogP contribution in [0, 0.1) is 18.3 Å². The Morgan fingerprint density at radius 3 is 3.00 bits per heavy atom. The molecular formula is C11H18N3O+. The molecule has 1 heterocycles. The van der Waals surface area contributed by atoms with Crippen LogP contribution in [0.1, 0.15) is 18.7 Å². The molecule has 0 radical (unpaired) electrons. The van der Waals surface area contributed by atoms with E-state index in [9.17, 15) is 0 Å². The summed E-state index contributed by atoms with van der Waals surface area (Å²) in [4.78, 5) is 0. The number of hydrogen-bond donors (Lipinski definition) is 0. The van der Waals surface area contributed by atoms with Gasteiger partial charge in [-0.15, -0.1) is 0 Å². The molecule has 0 bridgehead atoms. The van der Waals surface area contributed by atoms with Crippen molar-refractivity contribution in [2.24, 2.45) is 0 Å². The summed E-state index contributed by atoms with van der Waals surface area (Å²) in [6.45, 7) is 4.27. The highest BCUT2D eigenvalue weighted by molar-refractivity contribution is 4.84. The molecule has 0 aliphatic rings. The van der Waals surface area contributed by atoms with Gasteiger partial charge >= 0.3 is 0 Å². The predicted octanol–water partition coefficient (Wildman–Crippen LogP) is 1.03. The first-order valence-electron chi connectivity index (χ1n) is 5.20. The van der Waals surface area contributed by atoms with Crippen LogP contribution in [0.2, 0.25) is 0 Å². The molecule has 0 amide bonds. The predicted molar refractivity (Wildman–Crippen MR) is 56.1 cm³/mol. The van der Waals surface area contributed by atoms with Crippen LogP contribution in [-0.2, 0) is 17.8 Å². The maximum Gasteiger partial charge on any atom is 0.254 e. The van der Waals surface area contributed by atoms with Crippen LogP contribution in [0.5, 0.6) is 0 Å². The fourth-order valence-corrected chi connectivity index (χ4v) is 1.55. The van der Waals surface area contributed by atoms with Crippen molar-refractivity contribution >= 4 is 0 Å². The third-order valence-electron chi connectivity index (χ3n) is 2.50. The molecule has 0 N–H and O–H groups in total. The number of rotatable bonds is 6. The number of nitriles is 1. The zero-order chi connectivity index (χ0) is 11.1. The number of ether oxygens (including phenoxy) is 1. The van der Waals surface area contributed by atoms with Gasteiger partial charge in [-0.2, -0.15) is 5.26 Å². The molecule has 4 heteroatoms. The van der Waals surface area contributed by atoms with Gasteiger partial charge < -0.3 is 4.74 Å². The van der Waals surface area contributed by atoms with E-state index in [-0.39, 0.29) is 0 Å². The molecule has 1 rings (SSSR count). The maximum atomic E-state index is 8.60. The van der Waals surface area contributed by atoms with E-state index in [1.807, 2.05) is 23.9 Å². The molecule has 0 unspecified atom stereocenters. The zero-order valence-electron chi connectivity index (χ0n) is 9.44. The Bertz CT molecular complexity index is 338. The summed E-state index contributed by atoms with van der Waals surface area (Å²) < 4.78 is 9.12. The summed E-state index contributed by atoms with van der Waals surface area (Å²) in [6, 6.07) is 2.14. The standard InChI is InChI=1S/C11H18N3O/c1-11-13(6-3-4-10-15-2)8-9-14(11)7-5-12/h8-9H,3-4,6-7,10H2,1-2H3/q+1. The monoisotopic (exact) mass is 208 g/mol. The first kappa shape index (κ1) is 11.7. The largest absolute Gasteiger partial charge is 0.385 e. The number of aromatic nitrogens is 2. The highest BCUT2D eigenvalue weighted by atomic mass is 16.5. The minimum absolute atomic E-state index is 0.427. The molecule has 0 fully saturated rings. The Morgan fingerprint density at radius 1 is 1.53 bits per heavy atom. The lowest BCUT2D eigenvalue weighted by atomic mass is 10.3. The minimum Gasteiger partial charge on any atom is -0.385 e. The van der Waals surface area contributed by atoms with E-state index >= 15 is 0 Å². The molecule has 4 nitrogen and oxygen atoms in total. The Kier molecular flexibility index (Phi) is 4.85. The Balaban J connectivity index is 2.44. The quantitative estimate of drug-likeness (QED) is 0.517. The van der Waals surface area contributed by atoms with Crippen molar-refractivity contribution in [1.29, 1.82) is 5.26 Å². The number of unbranched alkanes of at least 4 members (excludes halogenated alkanes) is 1. The molecule has 0 spiro atoms. The summed E-state index contributed by atoms with van der Waals surface area (Å²) in [6.07, 6.45) is 6.16. The third-order valence-corrected chi connectivity index (χ3v) is 2.50. The normalized spacial score (nSPS) is 10.2. The van der Waals surface area contributed by atoms with Crippen molar-refractivity contribution in [3.05, 3.63) is 18.2 Å². The fourth-order valence-electron chi connectivity index (χ4n) is 1.55. The molecule has 0 aliphatic carbocycles.